The molecule has 0 nitrogen and oxygen atoms in total. The van der Waals surface area contributed by atoms with E-state index < -0.39 is 0 Å². The molecule has 0 fully saturated rings. The first-order valence-corrected chi connectivity index (χ1v) is 5.27. The molecule has 2 aromatic rings. The van der Waals surface area contributed by atoms with Gasteiger partial charge in [-0.1, -0.05) is 35.3 Å². The molecule has 0 spiro atoms. The Bertz CT molecular complexity index is 434. The van der Waals surface area contributed by atoms with Gasteiger partial charge < -0.3 is 0 Å². The number of halogens is 2. The van der Waals surface area contributed by atoms with E-state index in [0.717, 1.165) is 20.0 Å². The summed E-state index contributed by atoms with van der Waals surface area (Å²) in [6.07, 6.45) is 0. The van der Waals surface area contributed by atoms with Gasteiger partial charge in [-0.15, -0.1) is 24.0 Å². The lowest BCUT2D eigenvalue weighted by Gasteiger charge is -1.91. The van der Waals surface area contributed by atoms with Gasteiger partial charge in [0.15, 0.2) is 0 Å². The SMILES string of the molecule is Sc1c(Cl)sc2c(Cl)cccc12. The number of hydrogen-bond donors (Lipinski definition) is 1. The quantitative estimate of drug-likeness (QED) is 0.638. The van der Waals surface area contributed by atoms with Crippen LogP contribution in [0, 0.1) is 0 Å². The van der Waals surface area contributed by atoms with Crippen LogP contribution in [0.2, 0.25) is 9.36 Å². The van der Waals surface area contributed by atoms with Crippen molar-refractivity contribution >= 4 is 57.3 Å². The minimum absolute atomic E-state index is 0.696. The summed E-state index contributed by atoms with van der Waals surface area (Å²) in [4.78, 5) is 0.819. The maximum absolute atomic E-state index is 5.96. The van der Waals surface area contributed by atoms with E-state index in [2.05, 4.69) is 12.6 Å². The number of fused-ring (bicyclic) bond motifs is 1. The average molecular weight is 235 g/mol. The molecular weight excluding hydrogens is 231 g/mol. The fraction of sp³-hybridized carbons (Fsp3) is 0. The minimum atomic E-state index is 0.696. The highest BCUT2D eigenvalue weighted by molar-refractivity contribution is 7.81. The minimum Gasteiger partial charge on any atom is -0.140 e. The Morgan fingerprint density at radius 3 is 2.67 bits per heavy atom. The van der Waals surface area contributed by atoms with Crippen LogP contribution in [0.15, 0.2) is 23.1 Å². The van der Waals surface area contributed by atoms with Crippen LogP contribution in [0.25, 0.3) is 10.1 Å². The Hall–Kier alpha value is 0.110. The number of rotatable bonds is 0. The third kappa shape index (κ3) is 1.23. The van der Waals surface area contributed by atoms with Crippen LogP contribution in [0.1, 0.15) is 0 Å². The summed E-state index contributed by atoms with van der Waals surface area (Å²) in [5.41, 5.74) is 0. The first-order chi connectivity index (χ1) is 5.70. The van der Waals surface area contributed by atoms with E-state index in [1.54, 1.807) is 0 Å². The summed E-state index contributed by atoms with van der Waals surface area (Å²) in [6.45, 7) is 0. The zero-order chi connectivity index (χ0) is 8.72. The maximum atomic E-state index is 5.96. The molecule has 0 bridgehead atoms. The molecule has 0 saturated carbocycles. The zero-order valence-corrected chi connectivity index (χ0v) is 9.07. The number of thiol groups is 1. The second kappa shape index (κ2) is 3.11. The monoisotopic (exact) mass is 234 g/mol. The molecule has 0 atom stereocenters. The molecule has 0 saturated heterocycles. The van der Waals surface area contributed by atoms with Crippen LogP contribution in [0.3, 0.4) is 0 Å². The molecule has 2 rings (SSSR count). The van der Waals surface area contributed by atoms with E-state index in [0.29, 0.717) is 4.34 Å². The first kappa shape index (κ1) is 8.70. The zero-order valence-electron chi connectivity index (χ0n) is 5.84. The third-order valence-electron chi connectivity index (χ3n) is 1.60. The van der Waals surface area contributed by atoms with Crippen molar-refractivity contribution in [1.82, 2.24) is 0 Å². The van der Waals surface area contributed by atoms with Gasteiger partial charge >= 0.3 is 0 Å². The maximum Gasteiger partial charge on any atom is 0.107 e. The van der Waals surface area contributed by atoms with Gasteiger partial charge in [0.2, 0.25) is 0 Å². The highest BCUT2D eigenvalue weighted by Gasteiger charge is 2.08. The lowest BCUT2D eigenvalue weighted by Crippen LogP contribution is -1.65. The predicted octanol–water partition coefficient (Wildman–Crippen LogP) is 4.50. The molecule has 4 heteroatoms. The van der Waals surface area contributed by atoms with Gasteiger partial charge in [-0.25, -0.2) is 0 Å². The summed E-state index contributed by atoms with van der Waals surface area (Å²) in [6, 6.07) is 5.71. The Balaban J connectivity index is 2.95. The van der Waals surface area contributed by atoms with Gasteiger partial charge in [0.25, 0.3) is 0 Å². The summed E-state index contributed by atoms with van der Waals surface area (Å²) in [7, 11) is 0. The molecule has 1 aromatic heterocycles. The Morgan fingerprint density at radius 1 is 1.25 bits per heavy atom. The second-order valence-corrected chi connectivity index (χ2v) is 4.82. The van der Waals surface area contributed by atoms with Crippen LogP contribution in [0.4, 0.5) is 0 Å². The van der Waals surface area contributed by atoms with Gasteiger partial charge in [0.1, 0.15) is 4.34 Å². The first-order valence-electron chi connectivity index (χ1n) is 3.25. The topological polar surface area (TPSA) is 0 Å². The average Bonchev–Trinajstić information content (AvgIpc) is 2.32. The lowest BCUT2D eigenvalue weighted by molar-refractivity contribution is 1.68. The summed E-state index contributed by atoms with van der Waals surface area (Å²) < 4.78 is 1.70. The Labute approximate surface area is 89.5 Å². The molecule has 0 amide bonds. The number of hydrogen-bond acceptors (Lipinski definition) is 2. The molecule has 12 heavy (non-hydrogen) atoms. The van der Waals surface area contributed by atoms with Crippen molar-refractivity contribution in [1.29, 1.82) is 0 Å². The van der Waals surface area contributed by atoms with E-state index in [9.17, 15) is 0 Å². The van der Waals surface area contributed by atoms with Crippen molar-refractivity contribution in [3.63, 3.8) is 0 Å². The molecule has 1 heterocycles. The largest absolute Gasteiger partial charge is 0.140 e. The van der Waals surface area contributed by atoms with Crippen molar-refractivity contribution in [2.24, 2.45) is 0 Å². The fourth-order valence-electron chi connectivity index (χ4n) is 1.04. The molecule has 62 valence electrons. The van der Waals surface area contributed by atoms with Crippen molar-refractivity contribution in [2.75, 3.05) is 0 Å². The van der Waals surface area contributed by atoms with Gasteiger partial charge in [-0.05, 0) is 6.07 Å². The van der Waals surface area contributed by atoms with Gasteiger partial charge in [-0.2, -0.15) is 0 Å². The molecule has 0 aliphatic heterocycles. The molecule has 1 aromatic carbocycles. The van der Waals surface area contributed by atoms with Gasteiger partial charge in [0.05, 0.1) is 9.72 Å². The van der Waals surface area contributed by atoms with Crippen molar-refractivity contribution in [3.05, 3.63) is 27.6 Å². The smallest absolute Gasteiger partial charge is 0.107 e. The van der Waals surface area contributed by atoms with Crippen LogP contribution < -0.4 is 0 Å². The van der Waals surface area contributed by atoms with E-state index in [1.807, 2.05) is 18.2 Å². The van der Waals surface area contributed by atoms with Crippen LogP contribution in [0.5, 0.6) is 0 Å². The molecule has 0 unspecified atom stereocenters. The summed E-state index contributed by atoms with van der Waals surface area (Å²) in [5.74, 6) is 0. The second-order valence-electron chi connectivity index (χ2n) is 2.34. The lowest BCUT2D eigenvalue weighted by atomic mass is 10.3. The highest BCUT2D eigenvalue weighted by Crippen LogP contribution is 2.40. The van der Waals surface area contributed by atoms with Gasteiger partial charge in [-0.3, -0.25) is 0 Å². The normalized spacial score (nSPS) is 10.9. The van der Waals surface area contributed by atoms with E-state index in [1.165, 1.54) is 11.3 Å². The van der Waals surface area contributed by atoms with Crippen molar-refractivity contribution in [2.45, 2.75) is 4.90 Å². The van der Waals surface area contributed by atoms with E-state index in [4.69, 9.17) is 23.2 Å². The molecular formula is C8H4Cl2S2. The van der Waals surface area contributed by atoms with Crippen molar-refractivity contribution < 1.29 is 0 Å². The molecule has 0 aliphatic carbocycles. The summed E-state index contributed by atoms with van der Waals surface area (Å²) in [5, 5.41) is 1.76. The highest BCUT2D eigenvalue weighted by atomic mass is 35.5. The molecule has 0 N–H and O–H groups in total. The fourth-order valence-corrected chi connectivity index (χ4v) is 2.90. The summed E-state index contributed by atoms with van der Waals surface area (Å²) >= 11 is 17.6. The predicted molar refractivity (Wildman–Crippen MR) is 59.1 cm³/mol. The van der Waals surface area contributed by atoms with Crippen LogP contribution in [-0.4, -0.2) is 0 Å². The number of benzene rings is 1. The van der Waals surface area contributed by atoms with Gasteiger partial charge in [0, 0.05) is 10.3 Å². The Kier molecular flexibility index (Phi) is 2.25. The van der Waals surface area contributed by atoms with Crippen molar-refractivity contribution in [3.8, 4) is 0 Å². The molecule has 0 aliphatic rings. The van der Waals surface area contributed by atoms with E-state index in [-0.39, 0.29) is 0 Å². The van der Waals surface area contributed by atoms with E-state index >= 15 is 0 Å². The molecule has 0 radical (unpaired) electrons. The number of thiophene rings is 1. The third-order valence-corrected chi connectivity index (χ3v) is 4.22. The standard InChI is InChI=1S/C8H4Cl2S2/c9-5-3-1-2-4-6(11)8(10)12-7(4)5/h1-3,11H. The van der Waals surface area contributed by atoms with Crippen LogP contribution >= 0.6 is 47.2 Å². The Morgan fingerprint density at radius 2 is 2.00 bits per heavy atom. The van der Waals surface area contributed by atoms with Crippen LogP contribution in [-0.2, 0) is 0 Å².